The fraction of sp³-hybridized carbons (Fsp3) is 0.889. The van der Waals surface area contributed by atoms with Gasteiger partial charge in [-0.3, -0.25) is 14.4 Å². The maximum Gasteiger partial charge on any atom is 0.446 e. The summed E-state index contributed by atoms with van der Waals surface area (Å²) in [6, 6.07) is 0. The van der Waals surface area contributed by atoms with Crippen LogP contribution in [0.4, 0.5) is 0 Å². The van der Waals surface area contributed by atoms with Crippen molar-refractivity contribution in [3.63, 3.8) is 0 Å². The van der Waals surface area contributed by atoms with Crippen LogP contribution in [0.2, 0.25) is 0 Å². The highest BCUT2D eigenvalue weighted by Crippen LogP contribution is 2.30. The standard InChI is InChI=1S/C27H50O9/c1-4-7-10-13-16-19-23(29)34-26(32,22-28)27(33,35-24(30)20-17-14-11-8-5-2)36-25(31)21-18-15-12-9-6-3/h28,32-33H,4-22H2,1-3H3. The number of hydrogen-bond donors (Lipinski definition) is 3. The zero-order valence-electron chi connectivity index (χ0n) is 22.7. The van der Waals surface area contributed by atoms with Crippen molar-refractivity contribution < 1.29 is 43.9 Å². The Labute approximate surface area is 216 Å². The molecule has 0 heterocycles. The van der Waals surface area contributed by atoms with Gasteiger partial charge in [-0.15, -0.1) is 0 Å². The predicted octanol–water partition coefficient (Wildman–Crippen LogP) is 5.02. The first-order chi connectivity index (χ1) is 17.2. The Morgan fingerprint density at radius 3 is 1.14 bits per heavy atom. The van der Waals surface area contributed by atoms with Gasteiger partial charge in [-0.25, -0.2) is 0 Å². The molecule has 212 valence electrons. The van der Waals surface area contributed by atoms with Gasteiger partial charge in [0.05, 0.1) is 0 Å². The van der Waals surface area contributed by atoms with Crippen LogP contribution in [0.1, 0.15) is 136 Å². The maximum atomic E-state index is 12.4. The molecule has 0 aromatic carbocycles. The van der Waals surface area contributed by atoms with Crippen LogP contribution in [0.3, 0.4) is 0 Å². The summed E-state index contributed by atoms with van der Waals surface area (Å²) in [7, 11) is 0. The molecule has 3 N–H and O–H groups in total. The number of unbranched alkanes of at least 4 members (excludes halogenated alkanes) is 12. The van der Waals surface area contributed by atoms with Crippen LogP contribution in [0.25, 0.3) is 0 Å². The Morgan fingerprint density at radius 1 is 0.528 bits per heavy atom. The molecule has 0 radical (unpaired) electrons. The summed E-state index contributed by atoms with van der Waals surface area (Å²) >= 11 is 0. The molecule has 9 nitrogen and oxygen atoms in total. The highest BCUT2D eigenvalue weighted by molar-refractivity contribution is 5.73. The minimum Gasteiger partial charge on any atom is -0.420 e. The van der Waals surface area contributed by atoms with Gasteiger partial charge in [-0.2, -0.15) is 0 Å². The van der Waals surface area contributed by atoms with E-state index in [4.69, 9.17) is 14.2 Å². The zero-order chi connectivity index (χ0) is 27.3. The normalized spacial score (nSPS) is 13.2. The largest absolute Gasteiger partial charge is 0.446 e. The third-order valence-corrected chi connectivity index (χ3v) is 5.95. The van der Waals surface area contributed by atoms with Gasteiger partial charge in [0.1, 0.15) is 6.61 Å². The summed E-state index contributed by atoms with van der Waals surface area (Å²) < 4.78 is 14.9. The molecule has 0 aliphatic rings. The van der Waals surface area contributed by atoms with Crippen molar-refractivity contribution in [2.45, 2.75) is 148 Å². The van der Waals surface area contributed by atoms with Crippen LogP contribution >= 0.6 is 0 Å². The second-order valence-electron chi connectivity index (χ2n) is 9.44. The summed E-state index contributed by atoms with van der Waals surface area (Å²) in [6.45, 7) is 4.84. The van der Waals surface area contributed by atoms with Crippen LogP contribution in [0.5, 0.6) is 0 Å². The maximum absolute atomic E-state index is 12.4. The van der Waals surface area contributed by atoms with Gasteiger partial charge in [-0.1, -0.05) is 97.8 Å². The molecular weight excluding hydrogens is 468 g/mol. The fourth-order valence-corrected chi connectivity index (χ4v) is 3.65. The number of rotatable bonds is 23. The molecule has 1 atom stereocenters. The topological polar surface area (TPSA) is 140 Å². The highest BCUT2D eigenvalue weighted by Gasteiger charge is 2.61. The number of carbonyl (C=O) groups excluding carboxylic acids is 3. The monoisotopic (exact) mass is 518 g/mol. The van der Waals surface area contributed by atoms with Crippen molar-refractivity contribution in [3.05, 3.63) is 0 Å². The number of aliphatic hydroxyl groups excluding tert-OH is 1. The third kappa shape index (κ3) is 14.8. The van der Waals surface area contributed by atoms with Gasteiger partial charge in [0.2, 0.25) is 0 Å². The number of hydrogen-bond acceptors (Lipinski definition) is 9. The minimum absolute atomic E-state index is 0.0845. The van der Waals surface area contributed by atoms with Gasteiger partial charge in [-0.05, 0) is 19.3 Å². The molecule has 0 aromatic heterocycles. The molecule has 0 rings (SSSR count). The summed E-state index contributed by atoms with van der Waals surface area (Å²) in [5.41, 5.74) is 0. The molecule has 0 saturated heterocycles. The van der Waals surface area contributed by atoms with Crippen LogP contribution < -0.4 is 0 Å². The average Bonchev–Trinajstić information content (AvgIpc) is 2.83. The van der Waals surface area contributed by atoms with E-state index >= 15 is 0 Å². The van der Waals surface area contributed by atoms with E-state index in [2.05, 4.69) is 20.8 Å². The van der Waals surface area contributed by atoms with Crippen LogP contribution in [0.15, 0.2) is 0 Å². The van der Waals surface area contributed by atoms with Crippen molar-refractivity contribution in [2.24, 2.45) is 0 Å². The second-order valence-corrected chi connectivity index (χ2v) is 9.44. The van der Waals surface area contributed by atoms with Crippen molar-refractivity contribution in [1.29, 1.82) is 0 Å². The average molecular weight is 519 g/mol. The smallest absolute Gasteiger partial charge is 0.420 e. The Kier molecular flexibility index (Phi) is 19.4. The Morgan fingerprint density at radius 2 is 0.833 bits per heavy atom. The Balaban J connectivity index is 5.28. The van der Waals surface area contributed by atoms with E-state index in [0.717, 1.165) is 77.0 Å². The van der Waals surface area contributed by atoms with E-state index in [1.165, 1.54) is 0 Å². The third-order valence-electron chi connectivity index (χ3n) is 5.95. The van der Waals surface area contributed by atoms with Crippen molar-refractivity contribution >= 4 is 17.9 Å². The van der Waals surface area contributed by atoms with Crippen LogP contribution in [0, 0.1) is 0 Å². The Bertz CT molecular complexity index is 580. The van der Waals surface area contributed by atoms with Gasteiger partial charge < -0.3 is 29.5 Å². The summed E-state index contributed by atoms with van der Waals surface area (Å²) in [4.78, 5) is 37.2. The molecule has 9 heteroatoms. The molecule has 0 fully saturated rings. The molecule has 36 heavy (non-hydrogen) atoms. The number of ether oxygens (including phenoxy) is 3. The second kappa shape index (κ2) is 20.4. The molecule has 0 aliphatic carbocycles. The molecule has 0 spiro atoms. The lowest BCUT2D eigenvalue weighted by Crippen LogP contribution is -2.63. The van der Waals surface area contributed by atoms with Gasteiger partial charge in [0, 0.05) is 19.3 Å². The van der Waals surface area contributed by atoms with Crippen molar-refractivity contribution in [3.8, 4) is 0 Å². The van der Waals surface area contributed by atoms with Crippen molar-refractivity contribution in [1.82, 2.24) is 0 Å². The molecule has 0 aromatic rings. The first-order valence-electron chi connectivity index (χ1n) is 13.9. The van der Waals surface area contributed by atoms with Gasteiger partial charge in [0.25, 0.3) is 0 Å². The summed E-state index contributed by atoms with van der Waals surface area (Å²) in [6.07, 6.45) is 12.4. The first-order valence-corrected chi connectivity index (χ1v) is 13.9. The van der Waals surface area contributed by atoms with Crippen LogP contribution in [-0.2, 0) is 28.6 Å². The van der Waals surface area contributed by atoms with Gasteiger partial charge in [0.15, 0.2) is 0 Å². The number of aliphatic hydroxyl groups is 3. The van der Waals surface area contributed by atoms with E-state index in [1.54, 1.807) is 0 Å². The molecule has 0 amide bonds. The molecule has 0 saturated carbocycles. The van der Waals surface area contributed by atoms with E-state index in [0.29, 0.717) is 19.3 Å². The Hall–Kier alpha value is -1.71. The van der Waals surface area contributed by atoms with E-state index < -0.39 is 36.3 Å². The molecule has 0 aliphatic heterocycles. The summed E-state index contributed by atoms with van der Waals surface area (Å²) in [5.74, 6) is -9.36. The number of carbonyl (C=O) groups is 3. The quantitative estimate of drug-likeness (QED) is 0.0965. The summed E-state index contributed by atoms with van der Waals surface area (Å²) in [5, 5.41) is 31.6. The lowest BCUT2D eigenvalue weighted by molar-refractivity contribution is -0.448. The predicted molar refractivity (Wildman–Crippen MR) is 135 cm³/mol. The van der Waals surface area contributed by atoms with E-state index in [9.17, 15) is 29.7 Å². The number of esters is 3. The highest BCUT2D eigenvalue weighted by atomic mass is 16.9. The fourth-order valence-electron chi connectivity index (χ4n) is 3.65. The molecular formula is C27H50O9. The molecule has 1 unspecified atom stereocenters. The lowest BCUT2D eigenvalue weighted by Gasteiger charge is -2.38. The molecule has 0 bridgehead atoms. The lowest BCUT2D eigenvalue weighted by atomic mass is 10.1. The van der Waals surface area contributed by atoms with E-state index in [-0.39, 0.29) is 19.3 Å². The minimum atomic E-state index is -3.37. The zero-order valence-corrected chi connectivity index (χ0v) is 22.7. The first kappa shape index (κ1) is 34.3. The SMILES string of the molecule is CCCCCCCC(=O)OC(O)(CO)C(O)(OC(=O)CCCCCCC)OC(=O)CCCCCCC. The van der Waals surface area contributed by atoms with E-state index in [1.807, 2.05) is 0 Å². The van der Waals surface area contributed by atoms with Crippen molar-refractivity contribution in [2.75, 3.05) is 6.61 Å². The van der Waals surface area contributed by atoms with Gasteiger partial charge >= 0.3 is 29.7 Å². The van der Waals surface area contributed by atoms with Crippen LogP contribution in [-0.4, -0.2) is 51.6 Å².